The van der Waals surface area contributed by atoms with Gasteiger partial charge in [-0.3, -0.25) is 9.59 Å². The van der Waals surface area contributed by atoms with Gasteiger partial charge < -0.3 is 14.9 Å². The number of aliphatic hydroxyl groups is 1. The van der Waals surface area contributed by atoms with Crippen molar-refractivity contribution < 1.29 is 14.7 Å². The molecule has 0 unspecified atom stereocenters. The van der Waals surface area contributed by atoms with Gasteiger partial charge in [-0.25, -0.2) is 0 Å². The van der Waals surface area contributed by atoms with Crippen LogP contribution >= 0.6 is 11.8 Å². The van der Waals surface area contributed by atoms with E-state index in [9.17, 15) is 14.7 Å². The van der Waals surface area contributed by atoms with Crippen molar-refractivity contribution in [3.63, 3.8) is 0 Å². The number of rotatable bonds is 6. The molecule has 0 saturated heterocycles. The molecule has 1 aliphatic heterocycles. The highest BCUT2D eigenvalue weighted by Crippen LogP contribution is 2.43. The van der Waals surface area contributed by atoms with Gasteiger partial charge in [-0.2, -0.15) is 4.99 Å². The molecule has 6 nitrogen and oxygen atoms in total. The second-order valence-corrected chi connectivity index (χ2v) is 7.43. The predicted molar refractivity (Wildman–Crippen MR) is 115 cm³/mol. The Morgan fingerprint density at radius 2 is 1.46 bits per heavy atom. The highest BCUT2D eigenvalue weighted by molar-refractivity contribution is 8.18. The maximum absolute atomic E-state index is 12.7. The molecule has 0 radical (unpaired) electrons. The summed E-state index contributed by atoms with van der Waals surface area (Å²) < 4.78 is 0. The molecule has 1 aliphatic carbocycles. The molecule has 1 aromatic rings. The van der Waals surface area contributed by atoms with Crippen LogP contribution in [0.5, 0.6) is 0 Å². The Morgan fingerprint density at radius 3 is 1.96 bits per heavy atom. The number of anilines is 1. The molecular formula is C21H25N3O3S. The molecule has 148 valence electrons. The van der Waals surface area contributed by atoms with Crippen molar-refractivity contribution in [1.29, 1.82) is 0 Å². The van der Waals surface area contributed by atoms with Gasteiger partial charge in [0.05, 0.1) is 16.1 Å². The zero-order valence-electron chi connectivity index (χ0n) is 16.7. The first-order chi connectivity index (χ1) is 13.5. The third-order valence-corrected chi connectivity index (χ3v) is 6.17. The number of carbonyl (C=O) groups excluding carboxylic acids is 2. The minimum atomic E-state index is -0.460. The third kappa shape index (κ3) is 3.35. The number of hydrogen-bond acceptors (Lipinski definition) is 6. The summed E-state index contributed by atoms with van der Waals surface area (Å²) in [4.78, 5) is 33.4. The average molecular weight is 400 g/mol. The molecule has 7 heteroatoms. The maximum atomic E-state index is 12.7. The lowest BCUT2D eigenvalue weighted by Crippen LogP contribution is -2.27. The van der Waals surface area contributed by atoms with Gasteiger partial charge in [-0.1, -0.05) is 12.1 Å². The summed E-state index contributed by atoms with van der Waals surface area (Å²) in [7, 11) is 0. The number of aliphatic hydroxyl groups excluding tert-OH is 1. The fraction of sp³-hybridized carbons (Fsp3) is 0.381. The summed E-state index contributed by atoms with van der Waals surface area (Å²) in [5.41, 5.74) is 2.07. The number of carbonyl (C=O) groups is 2. The van der Waals surface area contributed by atoms with E-state index >= 15 is 0 Å². The van der Waals surface area contributed by atoms with E-state index in [1.807, 2.05) is 43.0 Å². The van der Waals surface area contributed by atoms with Crippen LogP contribution in [-0.2, 0) is 9.59 Å². The summed E-state index contributed by atoms with van der Waals surface area (Å²) in [6.45, 7) is 11.4. The fourth-order valence-electron chi connectivity index (χ4n) is 3.39. The Morgan fingerprint density at radius 1 is 0.893 bits per heavy atom. The number of Topliss-reactive ketones (excluding diaryl/α,β-unsaturated/α-hetero) is 1. The van der Waals surface area contributed by atoms with Crippen LogP contribution in [0.1, 0.15) is 33.3 Å². The number of nitrogens with zero attached hydrogens (tertiary/aromatic N) is 3. The Balaban J connectivity index is 1.88. The summed E-state index contributed by atoms with van der Waals surface area (Å²) >= 11 is 1.16. The highest BCUT2D eigenvalue weighted by Gasteiger charge is 2.41. The van der Waals surface area contributed by atoms with Crippen molar-refractivity contribution in [1.82, 2.24) is 4.90 Å². The molecule has 0 saturated carbocycles. The normalized spacial score (nSPS) is 19.1. The number of hydrogen-bond donors (Lipinski definition) is 1. The van der Waals surface area contributed by atoms with Gasteiger partial charge in [0.2, 0.25) is 5.78 Å². The maximum Gasteiger partial charge on any atom is 0.287 e. The molecule has 1 aromatic carbocycles. The van der Waals surface area contributed by atoms with Gasteiger partial charge in [0.1, 0.15) is 5.76 Å². The van der Waals surface area contributed by atoms with Gasteiger partial charge >= 0.3 is 0 Å². The smallest absolute Gasteiger partial charge is 0.287 e. The van der Waals surface area contributed by atoms with Crippen LogP contribution < -0.4 is 4.90 Å². The second-order valence-electron chi connectivity index (χ2n) is 6.45. The standard InChI is InChI=1S/C21H25N3O3S/c1-5-23(6-2)14-11-9-13(10-12-14)15-17(25)16(18(15)26)19-20(27)22-21(28-19)24(7-3)8-4/h9-12,25H,5-8H2,1-4H3/b19-16+. The first-order valence-corrected chi connectivity index (χ1v) is 10.4. The zero-order chi connectivity index (χ0) is 20.4. The second kappa shape index (κ2) is 8.22. The minimum absolute atomic E-state index is 0.0868. The van der Waals surface area contributed by atoms with Crippen LogP contribution in [-0.4, -0.2) is 53.0 Å². The number of benzene rings is 1. The van der Waals surface area contributed by atoms with Gasteiger partial charge in [0, 0.05) is 31.9 Å². The third-order valence-electron chi connectivity index (χ3n) is 5.06. The molecule has 1 heterocycles. The number of ketones is 1. The van der Waals surface area contributed by atoms with Gasteiger partial charge in [0.25, 0.3) is 5.91 Å². The van der Waals surface area contributed by atoms with E-state index in [1.165, 1.54) is 0 Å². The molecule has 1 N–H and O–H groups in total. The number of aliphatic imine (C=N–C) groups is 1. The molecule has 0 aromatic heterocycles. The van der Waals surface area contributed by atoms with Gasteiger partial charge in [-0.05, 0) is 57.2 Å². The Bertz CT molecular complexity index is 892. The zero-order valence-corrected chi connectivity index (χ0v) is 17.5. The summed E-state index contributed by atoms with van der Waals surface area (Å²) in [5, 5.41) is 11.1. The topological polar surface area (TPSA) is 73.2 Å². The lowest BCUT2D eigenvalue weighted by molar-refractivity contribution is -0.115. The van der Waals surface area contributed by atoms with Crippen molar-refractivity contribution in [2.75, 3.05) is 31.1 Å². The van der Waals surface area contributed by atoms with Crippen LogP contribution in [0.4, 0.5) is 5.69 Å². The van der Waals surface area contributed by atoms with Gasteiger partial charge in [0.15, 0.2) is 5.17 Å². The lowest BCUT2D eigenvalue weighted by atomic mass is 9.83. The van der Waals surface area contributed by atoms with E-state index in [-0.39, 0.29) is 27.6 Å². The van der Waals surface area contributed by atoms with Crippen LogP contribution in [0.3, 0.4) is 0 Å². The van der Waals surface area contributed by atoms with Crippen molar-refractivity contribution >= 4 is 39.9 Å². The Labute approximate surface area is 169 Å². The minimum Gasteiger partial charge on any atom is -0.506 e. The van der Waals surface area contributed by atoms with Crippen LogP contribution in [0, 0.1) is 0 Å². The fourth-order valence-corrected chi connectivity index (χ4v) is 4.51. The predicted octanol–water partition coefficient (Wildman–Crippen LogP) is 3.61. The first kappa shape index (κ1) is 20.2. The molecule has 0 spiro atoms. The van der Waals surface area contributed by atoms with Crippen molar-refractivity contribution in [3.8, 4) is 0 Å². The number of amides is 1. The summed E-state index contributed by atoms with van der Waals surface area (Å²) in [5.74, 6) is -0.884. The average Bonchev–Trinajstić information content (AvgIpc) is 3.06. The Hall–Kier alpha value is -2.54. The van der Waals surface area contributed by atoms with Gasteiger partial charge in [-0.15, -0.1) is 0 Å². The van der Waals surface area contributed by atoms with Crippen LogP contribution in [0.15, 0.2) is 45.5 Å². The van der Waals surface area contributed by atoms with E-state index in [1.54, 1.807) is 0 Å². The highest BCUT2D eigenvalue weighted by atomic mass is 32.2. The number of amidine groups is 1. The van der Waals surface area contributed by atoms with E-state index in [0.717, 1.165) is 43.6 Å². The monoisotopic (exact) mass is 399 g/mol. The molecule has 0 bridgehead atoms. The molecule has 2 aliphatic rings. The van der Waals surface area contributed by atoms with Crippen LogP contribution in [0.2, 0.25) is 0 Å². The van der Waals surface area contributed by atoms with Crippen molar-refractivity contribution in [2.24, 2.45) is 4.99 Å². The number of thioether (sulfide) groups is 1. The molecule has 0 fully saturated rings. The SMILES string of the molecule is CCN(CC)C1=NC(=O)/C(=C2\C(=O)C(c3ccc(N(CC)CC)cc3)=C2O)S1. The summed E-state index contributed by atoms with van der Waals surface area (Å²) in [6.07, 6.45) is 0. The van der Waals surface area contributed by atoms with E-state index < -0.39 is 5.91 Å². The molecule has 1 amide bonds. The Kier molecular flexibility index (Phi) is 5.93. The molecule has 3 rings (SSSR count). The van der Waals surface area contributed by atoms with Crippen molar-refractivity contribution in [2.45, 2.75) is 27.7 Å². The quantitative estimate of drug-likeness (QED) is 0.737. The van der Waals surface area contributed by atoms with E-state index in [0.29, 0.717) is 10.7 Å². The molecule has 0 atom stereocenters. The van der Waals surface area contributed by atoms with Crippen LogP contribution in [0.25, 0.3) is 5.57 Å². The van der Waals surface area contributed by atoms with E-state index in [2.05, 4.69) is 23.7 Å². The summed E-state index contributed by atoms with van der Waals surface area (Å²) in [6, 6.07) is 7.55. The molecular weight excluding hydrogens is 374 g/mol. The van der Waals surface area contributed by atoms with Crippen molar-refractivity contribution in [3.05, 3.63) is 46.1 Å². The first-order valence-electron chi connectivity index (χ1n) is 9.60. The molecule has 28 heavy (non-hydrogen) atoms. The lowest BCUT2D eigenvalue weighted by Gasteiger charge is -2.24. The number of allylic oxidation sites excluding steroid dienone is 2. The van der Waals surface area contributed by atoms with E-state index in [4.69, 9.17) is 0 Å². The largest absolute Gasteiger partial charge is 0.506 e.